The topological polar surface area (TPSA) is 81.9 Å². The first-order valence-electron chi connectivity index (χ1n) is 7.72. The lowest BCUT2D eigenvalue weighted by Crippen LogP contribution is -2.44. The van der Waals surface area contributed by atoms with E-state index in [0.29, 0.717) is 13.0 Å². The summed E-state index contributed by atoms with van der Waals surface area (Å²) in [5.41, 5.74) is 6.18. The minimum absolute atomic E-state index is 0. The van der Waals surface area contributed by atoms with Gasteiger partial charge in [-0.25, -0.2) is 9.59 Å². The number of hydrogen-bond donors (Lipinski definition) is 1. The van der Waals surface area contributed by atoms with Crippen molar-refractivity contribution in [3.8, 4) is 0 Å². The van der Waals surface area contributed by atoms with Crippen LogP contribution in [0, 0.1) is 0 Å². The Morgan fingerprint density at radius 3 is 2.46 bits per heavy atom. The van der Waals surface area contributed by atoms with Crippen molar-refractivity contribution in [2.24, 2.45) is 5.73 Å². The van der Waals surface area contributed by atoms with Crippen LogP contribution in [0.15, 0.2) is 30.3 Å². The maximum Gasteiger partial charge on any atom is 0.411 e. The van der Waals surface area contributed by atoms with Crippen molar-refractivity contribution in [1.82, 2.24) is 4.90 Å². The second kappa shape index (κ2) is 8.35. The normalized spacial score (nSPS) is 20.2. The van der Waals surface area contributed by atoms with Gasteiger partial charge in [0.15, 0.2) is 0 Å². The van der Waals surface area contributed by atoms with E-state index in [9.17, 15) is 9.59 Å². The molecular weight excluding hydrogens is 332 g/mol. The van der Waals surface area contributed by atoms with E-state index in [0.717, 1.165) is 5.56 Å². The maximum atomic E-state index is 12.3. The SMILES string of the molecule is CC(C)(C)OC(=O)N1C[C@@H](N)C[C@@H]1C(=O)OCc1ccccc1.Cl. The first-order chi connectivity index (χ1) is 10.8. The van der Waals surface area contributed by atoms with Gasteiger partial charge in [-0.2, -0.15) is 0 Å². The van der Waals surface area contributed by atoms with Gasteiger partial charge in [-0.1, -0.05) is 30.3 Å². The van der Waals surface area contributed by atoms with Gasteiger partial charge in [-0.3, -0.25) is 4.90 Å². The molecule has 0 aromatic heterocycles. The van der Waals surface area contributed by atoms with Gasteiger partial charge < -0.3 is 15.2 Å². The number of amides is 1. The Kier molecular flexibility index (Phi) is 7.05. The van der Waals surface area contributed by atoms with Gasteiger partial charge in [-0.15, -0.1) is 12.4 Å². The highest BCUT2D eigenvalue weighted by atomic mass is 35.5. The molecule has 1 aromatic carbocycles. The molecule has 0 unspecified atom stereocenters. The standard InChI is InChI=1S/C17H24N2O4.ClH/c1-17(2,3)23-16(21)19-10-13(18)9-14(19)15(20)22-11-12-7-5-4-6-8-12;/h4-8,13-14H,9-11,18H2,1-3H3;1H/t13-,14+;/m0./s1. The van der Waals surface area contributed by atoms with Crippen LogP contribution in [0.4, 0.5) is 4.79 Å². The van der Waals surface area contributed by atoms with E-state index in [1.54, 1.807) is 20.8 Å². The lowest BCUT2D eigenvalue weighted by Gasteiger charge is -2.27. The van der Waals surface area contributed by atoms with Gasteiger partial charge in [0.25, 0.3) is 0 Å². The third-order valence-corrected chi connectivity index (χ3v) is 3.46. The smallest absolute Gasteiger partial charge is 0.411 e. The molecule has 1 aliphatic rings. The lowest BCUT2D eigenvalue weighted by molar-refractivity contribution is -0.150. The Balaban J connectivity index is 0.00000288. The Bertz CT molecular complexity index is 559. The molecule has 2 atom stereocenters. The zero-order valence-corrected chi connectivity index (χ0v) is 15.0. The van der Waals surface area contributed by atoms with Gasteiger partial charge in [0.1, 0.15) is 18.2 Å². The van der Waals surface area contributed by atoms with Gasteiger partial charge in [0.05, 0.1) is 0 Å². The average molecular weight is 357 g/mol. The molecule has 7 heteroatoms. The Morgan fingerprint density at radius 1 is 1.25 bits per heavy atom. The number of carbonyl (C=O) groups excluding carboxylic acids is 2. The molecule has 0 aliphatic carbocycles. The molecule has 1 amide bonds. The summed E-state index contributed by atoms with van der Waals surface area (Å²) in [5.74, 6) is -0.451. The quantitative estimate of drug-likeness (QED) is 0.841. The van der Waals surface area contributed by atoms with Crippen LogP contribution in [0.25, 0.3) is 0 Å². The number of rotatable bonds is 3. The summed E-state index contributed by atoms with van der Waals surface area (Å²) in [7, 11) is 0. The molecule has 2 rings (SSSR count). The largest absolute Gasteiger partial charge is 0.459 e. The van der Waals surface area contributed by atoms with Crippen LogP contribution in [-0.2, 0) is 20.9 Å². The van der Waals surface area contributed by atoms with Crippen LogP contribution < -0.4 is 5.73 Å². The number of ether oxygens (including phenoxy) is 2. The van der Waals surface area contributed by atoms with Crippen LogP contribution >= 0.6 is 12.4 Å². The highest BCUT2D eigenvalue weighted by Crippen LogP contribution is 2.21. The van der Waals surface area contributed by atoms with Crippen molar-refractivity contribution in [1.29, 1.82) is 0 Å². The number of nitrogens with zero attached hydrogens (tertiary/aromatic N) is 1. The van der Waals surface area contributed by atoms with E-state index in [1.165, 1.54) is 4.90 Å². The van der Waals surface area contributed by atoms with Crippen molar-refractivity contribution in [3.63, 3.8) is 0 Å². The van der Waals surface area contributed by atoms with Crippen molar-refractivity contribution in [2.75, 3.05) is 6.54 Å². The second-order valence-corrected chi connectivity index (χ2v) is 6.74. The fourth-order valence-electron chi connectivity index (χ4n) is 2.44. The predicted molar refractivity (Wildman–Crippen MR) is 92.8 cm³/mol. The van der Waals surface area contributed by atoms with Crippen LogP contribution in [0.2, 0.25) is 0 Å². The highest BCUT2D eigenvalue weighted by molar-refractivity contribution is 5.85. The molecule has 6 nitrogen and oxygen atoms in total. The minimum Gasteiger partial charge on any atom is -0.459 e. The minimum atomic E-state index is -0.691. The van der Waals surface area contributed by atoms with Crippen LogP contribution in [0.5, 0.6) is 0 Å². The van der Waals surface area contributed by atoms with Crippen molar-refractivity contribution in [3.05, 3.63) is 35.9 Å². The zero-order valence-electron chi connectivity index (χ0n) is 14.2. The molecule has 1 fully saturated rings. The van der Waals surface area contributed by atoms with Crippen molar-refractivity contribution >= 4 is 24.5 Å². The van der Waals surface area contributed by atoms with E-state index in [2.05, 4.69) is 0 Å². The molecule has 1 saturated heterocycles. The van der Waals surface area contributed by atoms with E-state index in [4.69, 9.17) is 15.2 Å². The summed E-state index contributed by atoms with van der Waals surface area (Å²) in [6, 6.07) is 8.45. The molecule has 1 aliphatic heterocycles. The molecule has 1 heterocycles. The molecule has 0 saturated carbocycles. The van der Waals surface area contributed by atoms with Gasteiger partial charge in [-0.05, 0) is 32.8 Å². The number of nitrogens with two attached hydrogens (primary N) is 1. The van der Waals surface area contributed by atoms with Gasteiger partial charge in [0, 0.05) is 12.6 Å². The molecule has 24 heavy (non-hydrogen) atoms. The van der Waals surface area contributed by atoms with Gasteiger partial charge >= 0.3 is 12.1 Å². The Morgan fingerprint density at radius 2 is 1.88 bits per heavy atom. The Labute approximate surface area is 148 Å². The van der Waals surface area contributed by atoms with Crippen molar-refractivity contribution in [2.45, 2.75) is 51.5 Å². The zero-order chi connectivity index (χ0) is 17.0. The van der Waals surface area contributed by atoms with Gasteiger partial charge in [0.2, 0.25) is 0 Å². The fraction of sp³-hybridized carbons (Fsp3) is 0.529. The van der Waals surface area contributed by atoms with Crippen LogP contribution in [0.1, 0.15) is 32.8 Å². The summed E-state index contributed by atoms with van der Waals surface area (Å²) in [6.45, 7) is 5.81. The summed E-state index contributed by atoms with van der Waals surface area (Å²) in [4.78, 5) is 25.9. The summed E-state index contributed by atoms with van der Waals surface area (Å²) < 4.78 is 10.7. The first-order valence-corrected chi connectivity index (χ1v) is 7.72. The Hall–Kier alpha value is -1.79. The van der Waals surface area contributed by atoms with Crippen LogP contribution in [0.3, 0.4) is 0 Å². The molecule has 0 radical (unpaired) electrons. The number of esters is 1. The number of carbonyl (C=O) groups is 2. The van der Waals surface area contributed by atoms with E-state index >= 15 is 0 Å². The number of hydrogen-bond acceptors (Lipinski definition) is 5. The summed E-state index contributed by atoms with van der Waals surface area (Å²) >= 11 is 0. The predicted octanol–water partition coefficient (Wildman–Crippen LogP) is 2.49. The lowest BCUT2D eigenvalue weighted by atomic mass is 10.2. The number of benzene rings is 1. The molecule has 0 spiro atoms. The first kappa shape index (κ1) is 20.3. The van der Waals surface area contributed by atoms with E-state index in [-0.39, 0.29) is 25.1 Å². The second-order valence-electron chi connectivity index (χ2n) is 6.74. The van der Waals surface area contributed by atoms with Crippen LogP contribution in [-0.4, -0.2) is 41.2 Å². The van der Waals surface area contributed by atoms with Crippen molar-refractivity contribution < 1.29 is 19.1 Å². The average Bonchev–Trinajstić information content (AvgIpc) is 2.86. The summed E-state index contributed by atoms with van der Waals surface area (Å²) in [5, 5.41) is 0. The molecule has 2 N–H and O–H groups in total. The van der Waals surface area contributed by atoms with E-state index in [1.807, 2.05) is 30.3 Å². The molecule has 0 bridgehead atoms. The number of halogens is 1. The third-order valence-electron chi connectivity index (χ3n) is 3.46. The number of likely N-dealkylation sites (tertiary alicyclic amines) is 1. The molecular formula is C17H25ClN2O4. The van der Waals surface area contributed by atoms with E-state index < -0.39 is 23.7 Å². The molecule has 134 valence electrons. The highest BCUT2D eigenvalue weighted by Gasteiger charge is 2.41. The third kappa shape index (κ3) is 5.69. The maximum absolute atomic E-state index is 12.3. The fourth-order valence-corrected chi connectivity index (χ4v) is 2.44. The molecule has 1 aromatic rings. The summed E-state index contributed by atoms with van der Waals surface area (Å²) in [6.07, 6.45) is -0.153. The monoisotopic (exact) mass is 356 g/mol.